The van der Waals surface area contributed by atoms with E-state index in [2.05, 4.69) is 31.2 Å². The Morgan fingerprint density at radius 3 is 2.16 bits per heavy atom. The molecular formula is C22H40O3. The Morgan fingerprint density at radius 2 is 1.52 bits per heavy atom. The normalized spacial score (nSPS) is 12.9. The van der Waals surface area contributed by atoms with E-state index in [1.54, 1.807) is 6.92 Å². The van der Waals surface area contributed by atoms with Crippen LogP contribution in [0, 0.1) is 0 Å². The van der Waals surface area contributed by atoms with Crippen molar-refractivity contribution in [1.82, 2.24) is 0 Å². The lowest BCUT2D eigenvalue weighted by Crippen LogP contribution is -2.10. The van der Waals surface area contributed by atoms with Crippen molar-refractivity contribution in [3.63, 3.8) is 0 Å². The lowest BCUT2D eigenvalue weighted by molar-refractivity contribution is -0.144. The summed E-state index contributed by atoms with van der Waals surface area (Å²) in [5, 5.41) is 9.08. The molecular weight excluding hydrogens is 312 g/mol. The van der Waals surface area contributed by atoms with Crippen molar-refractivity contribution in [2.24, 2.45) is 0 Å². The van der Waals surface area contributed by atoms with E-state index in [9.17, 15) is 4.79 Å². The Labute approximate surface area is 155 Å². The molecule has 0 radical (unpaired) electrons. The third kappa shape index (κ3) is 20.9. The third-order valence-electron chi connectivity index (χ3n) is 4.13. The number of carbonyl (C=O) groups is 1. The molecule has 1 N–H and O–H groups in total. The minimum atomic E-state index is -0.399. The first-order valence-electron chi connectivity index (χ1n) is 10.3. The lowest BCUT2D eigenvalue weighted by atomic mass is 10.1. The molecule has 0 heterocycles. The van der Waals surface area contributed by atoms with Gasteiger partial charge >= 0.3 is 5.97 Å². The molecule has 0 fully saturated rings. The zero-order chi connectivity index (χ0) is 18.6. The van der Waals surface area contributed by atoms with Crippen molar-refractivity contribution in [3.8, 4) is 0 Å². The van der Waals surface area contributed by atoms with Crippen molar-refractivity contribution in [2.75, 3.05) is 6.61 Å². The van der Waals surface area contributed by atoms with Gasteiger partial charge in [0.25, 0.3) is 0 Å². The Balaban J connectivity index is 3.27. The van der Waals surface area contributed by atoms with Crippen LogP contribution in [0.25, 0.3) is 0 Å². The number of hydrogen-bond donors (Lipinski definition) is 1. The summed E-state index contributed by atoms with van der Waals surface area (Å²) in [6.45, 7) is 4.27. The summed E-state index contributed by atoms with van der Waals surface area (Å²) >= 11 is 0. The number of esters is 1. The molecule has 1 unspecified atom stereocenters. The van der Waals surface area contributed by atoms with Crippen molar-refractivity contribution < 1.29 is 14.6 Å². The van der Waals surface area contributed by atoms with E-state index in [0.29, 0.717) is 19.4 Å². The molecule has 146 valence electrons. The van der Waals surface area contributed by atoms with E-state index in [0.717, 1.165) is 25.7 Å². The molecule has 0 bridgehead atoms. The van der Waals surface area contributed by atoms with Crippen molar-refractivity contribution in [1.29, 1.82) is 0 Å². The van der Waals surface area contributed by atoms with Gasteiger partial charge in [-0.3, -0.25) is 4.79 Å². The Hall–Kier alpha value is -1.09. The first kappa shape index (κ1) is 23.9. The predicted octanol–water partition coefficient (Wildman–Crippen LogP) is 6.11. The molecule has 25 heavy (non-hydrogen) atoms. The van der Waals surface area contributed by atoms with Crippen LogP contribution < -0.4 is 0 Å². The van der Waals surface area contributed by atoms with E-state index in [-0.39, 0.29) is 5.97 Å². The fourth-order valence-electron chi connectivity index (χ4n) is 2.50. The van der Waals surface area contributed by atoms with E-state index in [1.807, 2.05) is 0 Å². The van der Waals surface area contributed by atoms with Gasteiger partial charge in [-0.15, -0.1) is 0 Å². The average Bonchev–Trinajstić information content (AvgIpc) is 2.58. The van der Waals surface area contributed by atoms with Crippen LogP contribution in [0.3, 0.4) is 0 Å². The number of aliphatic hydroxyl groups excluding tert-OH is 1. The summed E-state index contributed by atoms with van der Waals surface area (Å²) in [5.74, 6) is -0.133. The van der Waals surface area contributed by atoms with Gasteiger partial charge in [0.05, 0.1) is 12.7 Å². The Morgan fingerprint density at radius 1 is 0.920 bits per heavy atom. The molecule has 0 aliphatic carbocycles. The van der Waals surface area contributed by atoms with Gasteiger partial charge < -0.3 is 9.84 Å². The molecule has 0 saturated heterocycles. The molecule has 3 nitrogen and oxygen atoms in total. The van der Waals surface area contributed by atoms with Crippen LogP contribution in [0.1, 0.15) is 97.3 Å². The molecule has 0 rings (SSSR count). The largest absolute Gasteiger partial charge is 0.466 e. The standard InChI is InChI=1S/C22H40O3/c1-3-4-5-6-7-8-9-10-11-12-13-14-15-16-17-18-22(24)25-20-19-21(2)23/h7-8,10-11,21,23H,3-6,9,12-20H2,1-2H3/b8-7-,11-10-. The minimum absolute atomic E-state index is 0.133. The molecule has 0 aliphatic rings. The highest BCUT2D eigenvalue weighted by Gasteiger charge is 2.03. The van der Waals surface area contributed by atoms with Gasteiger partial charge in [-0.05, 0) is 45.4 Å². The number of carbonyl (C=O) groups excluding carboxylic acids is 1. The van der Waals surface area contributed by atoms with Crippen molar-refractivity contribution in [2.45, 2.75) is 103 Å². The minimum Gasteiger partial charge on any atom is -0.466 e. The highest BCUT2D eigenvalue weighted by molar-refractivity contribution is 5.69. The summed E-state index contributed by atoms with van der Waals surface area (Å²) in [6.07, 6.45) is 22.8. The molecule has 0 aromatic carbocycles. The molecule has 0 spiro atoms. The molecule has 0 aromatic heterocycles. The van der Waals surface area contributed by atoms with Crippen LogP contribution in [-0.4, -0.2) is 23.8 Å². The third-order valence-corrected chi connectivity index (χ3v) is 4.13. The molecule has 1 atom stereocenters. The zero-order valence-corrected chi connectivity index (χ0v) is 16.5. The summed E-state index contributed by atoms with van der Waals surface area (Å²) in [5.41, 5.74) is 0. The zero-order valence-electron chi connectivity index (χ0n) is 16.5. The highest BCUT2D eigenvalue weighted by atomic mass is 16.5. The maximum Gasteiger partial charge on any atom is 0.305 e. The second-order valence-corrected chi connectivity index (χ2v) is 6.84. The van der Waals surface area contributed by atoms with Crippen LogP contribution in [0.5, 0.6) is 0 Å². The van der Waals surface area contributed by atoms with Crippen molar-refractivity contribution in [3.05, 3.63) is 24.3 Å². The maximum atomic E-state index is 11.4. The number of hydrogen-bond acceptors (Lipinski definition) is 3. The Kier molecular flexibility index (Phi) is 18.4. The fraction of sp³-hybridized carbons (Fsp3) is 0.773. The van der Waals surface area contributed by atoms with Gasteiger partial charge in [-0.25, -0.2) is 0 Å². The topological polar surface area (TPSA) is 46.5 Å². The molecule has 0 aromatic rings. The van der Waals surface area contributed by atoms with E-state index in [1.165, 1.54) is 44.9 Å². The SMILES string of the molecule is CCCCC/C=C\C/C=C\CCCCCCCC(=O)OCCC(C)O. The van der Waals surface area contributed by atoms with E-state index < -0.39 is 6.10 Å². The number of rotatable bonds is 17. The second-order valence-electron chi connectivity index (χ2n) is 6.84. The fourth-order valence-corrected chi connectivity index (χ4v) is 2.50. The number of ether oxygens (including phenoxy) is 1. The summed E-state index contributed by atoms with van der Waals surface area (Å²) in [7, 11) is 0. The van der Waals surface area contributed by atoms with Crippen LogP contribution >= 0.6 is 0 Å². The Bertz CT molecular complexity index is 345. The molecule has 0 amide bonds. The molecule has 0 saturated carbocycles. The second kappa shape index (κ2) is 19.2. The molecule has 3 heteroatoms. The number of unbranched alkanes of at least 4 members (excludes halogenated alkanes) is 8. The smallest absolute Gasteiger partial charge is 0.305 e. The van der Waals surface area contributed by atoms with Gasteiger partial charge in [0.1, 0.15) is 0 Å². The van der Waals surface area contributed by atoms with Crippen LogP contribution in [0.15, 0.2) is 24.3 Å². The van der Waals surface area contributed by atoms with Gasteiger partial charge in [-0.2, -0.15) is 0 Å². The van der Waals surface area contributed by atoms with Gasteiger partial charge in [0, 0.05) is 12.8 Å². The van der Waals surface area contributed by atoms with Crippen molar-refractivity contribution >= 4 is 5.97 Å². The van der Waals surface area contributed by atoms with Crippen LogP contribution in [0.4, 0.5) is 0 Å². The summed E-state index contributed by atoms with van der Waals surface area (Å²) < 4.78 is 5.06. The summed E-state index contributed by atoms with van der Waals surface area (Å²) in [6, 6.07) is 0. The summed E-state index contributed by atoms with van der Waals surface area (Å²) in [4.78, 5) is 11.4. The first-order chi connectivity index (χ1) is 12.2. The maximum absolute atomic E-state index is 11.4. The van der Waals surface area contributed by atoms with E-state index >= 15 is 0 Å². The van der Waals surface area contributed by atoms with Gasteiger partial charge in [-0.1, -0.05) is 63.3 Å². The molecule has 0 aliphatic heterocycles. The quantitative estimate of drug-likeness (QED) is 0.195. The average molecular weight is 353 g/mol. The van der Waals surface area contributed by atoms with Crippen LogP contribution in [-0.2, 0) is 9.53 Å². The van der Waals surface area contributed by atoms with Crippen LogP contribution in [0.2, 0.25) is 0 Å². The first-order valence-corrected chi connectivity index (χ1v) is 10.3. The number of aliphatic hydroxyl groups is 1. The van der Waals surface area contributed by atoms with E-state index in [4.69, 9.17) is 9.84 Å². The van der Waals surface area contributed by atoms with Gasteiger partial charge in [0.15, 0.2) is 0 Å². The monoisotopic (exact) mass is 352 g/mol. The van der Waals surface area contributed by atoms with Gasteiger partial charge in [0.2, 0.25) is 0 Å². The highest BCUT2D eigenvalue weighted by Crippen LogP contribution is 2.09. The number of allylic oxidation sites excluding steroid dienone is 4. The predicted molar refractivity (Wildman–Crippen MR) is 107 cm³/mol. The lowest BCUT2D eigenvalue weighted by Gasteiger charge is -2.06.